The summed E-state index contributed by atoms with van der Waals surface area (Å²) in [6, 6.07) is 6.66. The Balaban J connectivity index is 2.52. The molecule has 0 saturated carbocycles. The Morgan fingerprint density at radius 2 is 2.24 bits per heavy atom. The maximum atomic E-state index is 10.9. The standard InChI is InChI=1S/C11H10ClN3O2/c12-8-2-1-3-10(7(8)6-16)15-5-4-9(14-15)11(13)17/h1-5,16H,6H2,(H2,13,17). The lowest BCUT2D eigenvalue weighted by Crippen LogP contribution is -2.12. The van der Waals surface area contributed by atoms with E-state index in [0.717, 1.165) is 0 Å². The van der Waals surface area contributed by atoms with Crippen molar-refractivity contribution in [1.82, 2.24) is 9.78 Å². The molecule has 1 aromatic heterocycles. The van der Waals surface area contributed by atoms with Gasteiger partial charge >= 0.3 is 0 Å². The highest BCUT2D eigenvalue weighted by Gasteiger charge is 2.10. The molecule has 1 aromatic carbocycles. The molecule has 1 heterocycles. The van der Waals surface area contributed by atoms with E-state index in [-0.39, 0.29) is 12.3 Å². The molecule has 0 aliphatic heterocycles. The van der Waals surface area contributed by atoms with E-state index in [1.54, 1.807) is 24.4 Å². The van der Waals surface area contributed by atoms with E-state index in [2.05, 4.69) is 5.10 Å². The van der Waals surface area contributed by atoms with Gasteiger partial charge in [-0.3, -0.25) is 4.79 Å². The van der Waals surface area contributed by atoms with Crippen molar-refractivity contribution in [2.75, 3.05) is 0 Å². The van der Waals surface area contributed by atoms with Crippen LogP contribution in [0.2, 0.25) is 5.02 Å². The summed E-state index contributed by atoms with van der Waals surface area (Å²) in [6.45, 7) is -0.208. The summed E-state index contributed by atoms with van der Waals surface area (Å²) in [5.41, 5.74) is 6.44. The third-order valence-corrected chi connectivity index (χ3v) is 2.69. The molecular weight excluding hydrogens is 242 g/mol. The maximum Gasteiger partial charge on any atom is 0.269 e. The van der Waals surface area contributed by atoms with Gasteiger partial charge in [0.05, 0.1) is 12.3 Å². The van der Waals surface area contributed by atoms with Gasteiger partial charge in [0.15, 0.2) is 0 Å². The zero-order valence-electron chi connectivity index (χ0n) is 8.80. The van der Waals surface area contributed by atoms with E-state index < -0.39 is 5.91 Å². The number of halogens is 1. The highest BCUT2D eigenvalue weighted by atomic mass is 35.5. The predicted molar refractivity (Wildman–Crippen MR) is 63.0 cm³/mol. The topological polar surface area (TPSA) is 81.1 Å². The molecule has 6 heteroatoms. The number of aliphatic hydroxyl groups is 1. The van der Waals surface area contributed by atoms with Crippen molar-refractivity contribution in [2.45, 2.75) is 6.61 Å². The van der Waals surface area contributed by atoms with Crippen molar-refractivity contribution in [3.8, 4) is 5.69 Å². The molecule has 0 fully saturated rings. The monoisotopic (exact) mass is 251 g/mol. The molecule has 0 radical (unpaired) electrons. The van der Waals surface area contributed by atoms with E-state index in [9.17, 15) is 9.90 Å². The molecule has 0 aliphatic rings. The minimum absolute atomic E-state index is 0.161. The summed E-state index contributed by atoms with van der Waals surface area (Å²) in [5.74, 6) is -0.601. The molecule has 17 heavy (non-hydrogen) atoms. The molecule has 0 saturated heterocycles. The number of hydrogen-bond acceptors (Lipinski definition) is 3. The number of amides is 1. The number of benzene rings is 1. The molecular formula is C11H10ClN3O2. The first-order valence-corrected chi connectivity index (χ1v) is 5.25. The number of nitrogens with zero attached hydrogens (tertiary/aromatic N) is 2. The van der Waals surface area contributed by atoms with Gasteiger partial charge < -0.3 is 10.8 Å². The Hall–Kier alpha value is -1.85. The van der Waals surface area contributed by atoms with Crippen LogP contribution in [-0.2, 0) is 6.61 Å². The number of nitrogens with two attached hydrogens (primary N) is 1. The molecule has 0 aliphatic carbocycles. The third-order valence-electron chi connectivity index (χ3n) is 2.34. The molecule has 5 nitrogen and oxygen atoms in total. The largest absolute Gasteiger partial charge is 0.392 e. The third kappa shape index (κ3) is 2.15. The van der Waals surface area contributed by atoms with Gasteiger partial charge in [-0.2, -0.15) is 5.10 Å². The number of aromatic nitrogens is 2. The van der Waals surface area contributed by atoms with E-state index in [4.69, 9.17) is 17.3 Å². The first-order chi connectivity index (χ1) is 8.13. The minimum atomic E-state index is -0.601. The summed E-state index contributed by atoms with van der Waals surface area (Å²) in [5, 5.41) is 13.7. The first-order valence-electron chi connectivity index (χ1n) is 4.87. The van der Waals surface area contributed by atoms with Crippen LogP contribution < -0.4 is 5.73 Å². The molecule has 2 aromatic rings. The second kappa shape index (κ2) is 4.57. The van der Waals surface area contributed by atoms with Crippen molar-refractivity contribution >= 4 is 17.5 Å². The lowest BCUT2D eigenvalue weighted by molar-refractivity contribution is 0.0995. The van der Waals surface area contributed by atoms with Gasteiger partial charge in [-0.1, -0.05) is 17.7 Å². The average Bonchev–Trinajstić information content (AvgIpc) is 2.77. The Bertz CT molecular complexity index is 566. The Kier molecular flexibility index (Phi) is 3.12. The number of aliphatic hydroxyl groups excluding tert-OH is 1. The highest BCUT2D eigenvalue weighted by molar-refractivity contribution is 6.31. The van der Waals surface area contributed by atoms with Crippen LogP contribution in [-0.4, -0.2) is 20.8 Å². The van der Waals surface area contributed by atoms with Crippen LogP contribution in [0.25, 0.3) is 5.69 Å². The van der Waals surface area contributed by atoms with Crippen molar-refractivity contribution in [3.05, 3.63) is 46.7 Å². The van der Waals surface area contributed by atoms with Crippen LogP contribution >= 0.6 is 11.6 Å². The van der Waals surface area contributed by atoms with Gasteiger partial charge in [-0.15, -0.1) is 0 Å². The van der Waals surface area contributed by atoms with Crippen LogP contribution in [0.1, 0.15) is 16.1 Å². The Labute approximate surface area is 102 Å². The van der Waals surface area contributed by atoms with E-state index >= 15 is 0 Å². The lowest BCUT2D eigenvalue weighted by atomic mass is 10.2. The molecule has 3 N–H and O–H groups in total. The van der Waals surface area contributed by atoms with Crippen molar-refractivity contribution < 1.29 is 9.90 Å². The van der Waals surface area contributed by atoms with Gasteiger partial charge in [-0.05, 0) is 18.2 Å². The number of rotatable bonds is 3. The molecule has 0 atom stereocenters. The number of hydrogen-bond donors (Lipinski definition) is 2. The molecule has 2 rings (SSSR count). The summed E-state index contributed by atoms with van der Waals surface area (Å²) in [4.78, 5) is 10.9. The smallest absolute Gasteiger partial charge is 0.269 e. The fourth-order valence-electron chi connectivity index (χ4n) is 1.51. The van der Waals surface area contributed by atoms with E-state index in [1.807, 2.05) is 0 Å². The van der Waals surface area contributed by atoms with Crippen LogP contribution in [0.4, 0.5) is 0 Å². The molecule has 0 spiro atoms. The SMILES string of the molecule is NC(=O)c1ccn(-c2cccc(Cl)c2CO)n1. The highest BCUT2D eigenvalue weighted by Crippen LogP contribution is 2.22. The van der Waals surface area contributed by atoms with E-state index in [0.29, 0.717) is 16.3 Å². The fraction of sp³-hybridized carbons (Fsp3) is 0.0909. The number of carbonyl (C=O) groups excluding carboxylic acids is 1. The fourth-order valence-corrected chi connectivity index (χ4v) is 1.74. The second-order valence-corrected chi connectivity index (χ2v) is 3.81. The molecule has 0 bridgehead atoms. The van der Waals surface area contributed by atoms with Crippen LogP contribution in [0, 0.1) is 0 Å². The zero-order valence-corrected chi connectivity index (χ0v) is 9.55. The summed E-state index contributed by atoms with van der Waals surface area (Å²) >= 11 is 5.96. The van der Waals surface area contributed by atoms with Gasteiger partial charge in [0.1, 0.15) is 5.69 Å². The predicted octanol–water partition coefficient (Wildman–Crippen LogP) is 1.12. The quantitative estimate of drug-likeness (QED) is 0.858. The second-order valence-electron chi connectivity index (χ2n) is 3.41. The molecule has 0 unspecified atom stereocenters. The lowest BCUT2D eigenvalue weighted by Gasteiger charge is -2.08. The van der Waals surface area contributed by atoms with Gasteiger partial charge in [0, 0.05) is 16.8 Å². The molecule has 88 valence electrons. The summed E-state index contributed by atoms with van der Waals surface area (Å²) < 4.78 is 1.46. The maximum absolute atomic E-state index is 10.9. The van der Waals surface area contributed by atoms with Crippen LogP contribution in [0.3, 0.4) is 0 Å². The van der Waals surface area contributed by atoms with Crippen LogP contribution in [0.5, 0.6) is 0 Å². The van der Waals surface area contributed by atoms with E-state index in [1.165, 1.54) is 10.7 Å². The first kappa shape index (κ1) is 11.6. The van der Waals surface area contributed by atoms with Crippen molar-refractivity contribution in [3.63, 3.8) is 0 Å². The normalized spacial score (nSPS) is 10.5. The molecule has 1 amide bonds. The van der Waals surface area contributed by atoms with Crippen LogP contribution in [0.15, 0.2) is 30.5 Å². The van der Waals surface area contributed by atoms with Crippen molar-refractivity contribution in [2.24, 2.45) is 5.73 Å². The minimum Gasteiger partial charge on any atom is -0.392 e. The van der Waals surface area contributed by atoms with Gasteiger partial charge in [0.2, 0.25) is 0 Å². The average molecular weight is 252 g/mol. The Morgan fingerprint density at radius 3 is 2.82 bits per heavy atom. The zero-order chi connectivity index (χ0) is 12.4. The summed E-state index contributed by atoms with van der Waals surface area (Å²) in [6.07, 6.45) is 1.59. The summed E-state index contributed by atoms with van der Waals surface area (Å²) in [7, 11) is 0. The Morgan fingerprint density at radius 1 is 1.47 bits per heavy atom. The number of carbonyl (C=O) groups is 1. The number of primary amides is 1. The van der Waals surface area contributed by atoms with Gasteiger partial charge in [-0.25, -0.2) is 4.68 Å². The van der Waals surface area contributed by atoms with Crippen molar-refractivity contribution in [1.29, 1.82) is 0 Å². The van der Waals surface area contributed by atoms with Gasteiger partial charge in [0.25, 0.3) is 5.91 Å².